The zero-order valence-corrected chi connectivity index (χ0v) is 20.1. The van der Waals surface area contributed by atoms with Crippen LogP contribution in [0.3, 0.4) is 0 Å². The van der Waals surface area contributed by atoms with Gasteiger partial charge in [-0.05, 0) is 18.2 Å². The van der Waals surface area contributed by atoms with E-state index in [4.69, 9.17) is 14.0 Å². The molecule has 11 heteroatoms. The van der Waals surface area contributed by atoms with Crippen molar-refractivity contribution in [3.63, 3.8) is 0 Å². The Kier molecular flexibility index (Phi) is 6.09. The number of fused-ring (bicyclic) bond motifs is 1. The number of alkyl halides is 1. The molecule has 192 valence electrons. The largest absolute Gasteiger partial charge is 0.488 e. The minimum atomic E-state index is -0.735. The van der Waals surface area contributed by atoms with Crippen molar-refractivity contribution in [3.8, 4) is 28.5 Å². The van der Waals surface area contributed by atoms with E-state index in [1.807, 2.05) is 0 Å². The molecule has 2 fully saturated rings. The number of carbonyl (C=O) groups is 1. The van der Waals surface area contributed by atoms with E-state index >= 15 is 0 Å². The number of likely N-dealkylation sites (tertiary alicyclic amines) is 2. The SMILES string of the molecule is COCCOc1cc2[nH]nc(-c3cc(-c4ccc(C(=O)N5CC(N6CC(F)C6)C5)cc4)no3)c2cc1F. The van der Waals surface area contributed by atoms with Crippen molar-refractivity contribution in [2.75, 3.05) is 46.5 Å². The quantitative estimate of drug-likeness (QED) is 0.363. The molecule has 37 heavy (non-hydrogen) atoms. The Hall–Kier alpha value is -3.83. The molecule has 0 radical (unpaired) electrons. The smallest absolute Gasteiger partial charge is 0.253 e. The van der Waals surface area contributed by atoms with Crippen LogP contribution in [0.5, 0.6) is 5.75 Å². The zero-order valence-electron chi connectivity index (χ0n) is 20.1. The maximum Gasteiger partial charge on any atom is 0.253 e. The number of aromatic nitrogens is 3. The lowest BCUT2D eigenvalue weighted by Crippen LogP contribution is -2.66. The fourth-order valence-corrected chi connectivity index (χ4v) is 4.65. The van der Waals surface area contributed by atoms with Crippen LogP contribution in [0.2, 0.25) is 0 Å². The summed E-state index contributed by atoms with van der Waals surface area (Å²) in [5, 5.41) is 11.8. The van der Waals surface area contributed by atoms with Crippen LogP contribution in [0.25, 0.3) is 33.6 Å². The second-order valence-corrected chi connectivity index (χ2v) is 9.31. The van der Waals surface area contributed by atoms with Crippen LogP contribution in [0.15, 0.2) is 47.0 Å². The third-order valence-electron chi connectivity index (χ3n) is 6.86. The lowest BCUT2D eigenvalue weighted by Gasteiger charge is -2.50. The highest BCUT2D eigenvalue weighted by atomic mass is 19.1. The molecule has 0 spiro atoms. The van der Waals surface area contributed by atoms with E-state index in [1.54, 1.807) is 48.4 Å². The summed E-state index contributed by atoms with van der Waals surface area (Å²) in [7, 11) is 1.55. The summed E-state index contributed by atoms with van der Waals surface area (Å²) in [6, 6.07) is 12.0. The van der Waals surface area contributed by atoms with Crippen molar-refractivity contribution in [2.24, 2.45) is 0 Å². The number of aromatic amines is 1. The Balaban J connectivity index is 1.14. The van der Waals surface area contributed by atoms with E-state index in [0.717, 1.165) is 5.56 Å². The van der Waals surface area contributed by atoms with Gasteiger partial charge >= 0.3 is 0 Å². The molecular formula is C26H25F2N5O4. The highest BCUT2D eigenvalue weighted by Gasteiger charge is 2.40. The number of nitrogens with zero attached hydrogens (tertiary/aromatic N) is 4. The molecule has 2 saturated heterocycles. The molecule has 2 aromatic carbocycles. The number of hydrogen-bond donors (Lipinski definition) is 1. The number of halogens is 2. The van der Waals surface area contributed by atoms with Gasteiger partial charge in [-0.1, -0.05) is 17.3 Å². The molecule has 0 saturated carbocycles. The average Bonchev–Trinajstić information content (AvgIpc) is 3.49. The first kappa shape index (κ1) is 23.6. The van der Waals surface area contributed by atoms with Crippen molar-refractivity contribution in [1.82, 2.24) is 25.2 Å². The van der Waals surface area contributed by atoms with E-state index in [2.05, 4.69) is 20.3 Å². The molecule has 1 N–H and O–H groups in total. The van der Waals surface area contributed by atoms with E-state index < -0.39 is 12.0 Å². The number of ether oxygens (including phenoxy) is 2. The number of hydrogen-bond acceptors (Lipinski definition) is 7. The van der Waals surface area contributed by atoms with E-state index in [1.165, 1.54) is 6.07 Å². The van der Waals surface area contributed by atoms with Crippen molar-refractivity contribution in [1.29, 1.82) is 0 Å². The average molecular weight is 510 g/mol. The van der Waals surface area contributed by atoms with Gasteiger partial charge in [0.1, 0.15) is 24.2 Å². The lowest BCUT2D eigenvalue weighted by atomic mass is 10.00. The first-order valence-corrected chi connectivity index (χ1v) is 12.0. The number of H-pyrrole nitrogens is 1. The number of carbonyl (C=O) groups excluding carboxylic acids is 1. The second-order valence-electron chi connectivity index (χ2n) is 9.31. The molecule has 2 aliphatic heterocycles. The molecular weight excluding hydrogens is 484 g/mol. The summed E-state index contributed by atoms with van der Waals surface area (Å²) in [5.74, 6) is -0.0786. The first-order chi connectivity index (χ1) is 18.0. The molecule has 0 atom stereocenters. The van der Waals surface area contributed by atoms with Gasteiger partial charge in [0, 0.05) is 68.0 Å². The Morgan fingerprint density at radius 3 is 2.65 bits per heavy atom. The van der Waals surface area contributed by atoms with Crippen LogP contribution in [0.1, 0.15) is 10.4 Å². The summed E-state index contributed by atoms with van der Waals surface area (Å²) < 4.78 is 43.5. The molecule has 9 nitrogen and oxygen atoms in total. The number of rotatable bonds is 8. The molecule has 1 amide bonds. The Morgan fingerprint density at radius 1 is 1.14 bits per heavy atom. The fourth-order valence-electron chi connectivity index (χ4n) is 4.65. The van der Waals surface area contributed by atoms with Gasteiger partial charge in [-0.15, -0.1) is 0 Å². The van der Waals surface area contributed by atoms with Crippen molar-refractivity contribution >= 4 is 16.8 Å². The van der Waals surface area contributed by atoms with Gasteiger partial charge in [0.2, 0.25) is 0 Å². The van der Waals surface area contributed by atoms with Crippen LogP contribution < -0.4 is 4.74 Å². The minimum Gasteiger partial charge on any atom is -0.488 e. The van der Waals surface area contributed by atoms with E-state index in [9.17, 15) is 13.6 Å². The molecule has 2 aromatic heterocycles. The van der Waals surface area contributed by atoms with Crippen LogP contribution in [-0.2, 0) is 4.74 Å². The number of nitrogens with one attached hydrogen (secondary N) is 1. The first-order valence-electron chi connectivity index (χ1n) is 12.0. The van der Waals surface area contributed by atoms with Crippen LogP contribution in [0, 0.1) is 5.82 Å². The molecule has 4 heterocycles. The maximum absolute atomic E-state index is 14.6. The van der Waals surface area contributed by atoms with Gasteiger partial charge in [-0.2, -0.15) is 5.10 Å². The van der Waals surface area contributed by atoms with E-state index in [-0.39, 0.29) is 24.3 Å². The fraction of sp³-hybridized carbons (Fsp3) is 0.346. The summed E-state index contributed by atoms with van der Waals surface area (Å²) in [6.07, 6.45) is -0.735. The molecule has 0 bridgehead atoms. The summed E-state index contributed by atoms with van der Waals surface area (Å²) in [5.41, 5.74) is 2.93. The molecule has 0 aliphatic carbocycles. The van der Waals surface area contributed by atoms with E-state index in [0.29, 0.717) is 66.4 Å². The summed E-state index contributed by atoms with van der Waals surface area (Å²) in [4.78, 5) is 16.6. The van der Waals surface area contributed by atoms with Crippen molar-refractivity contribution < 1.29 is 27.6 Å². The normalized spacial score (nSPS) is 16.7. The van der Waals surface area contributed by atoms with Crippen molar-refractivity contribution in [3.05, 3.63) is 53.8 Å². The molecule has 0 unspecified atom stereocenters. The monoisotopic (exact) mass is 509 g/mol. The summed E-state index contributed by atoms with van der Waals surface area (Å²) in [6.45, 7) is 2.76. The lowest BCUT2D eigenvalue weighted by molar-refractivity contribution is -0.0324. The second kappa shape index (κ2) is 9.56. The summed E-state index contributed by atoms with van der Waals surface area (Å²) >= 11 is 0. The minimum absolute atomic E-state index is 0.0449. The topological polar surface area (TPSA) is 96.7 Å². The number of amides is 1. The highest BCUT2D eigenvalue weighted by Crippen LogP contribution is 2.33. The van der Waals surface area contributed by atoms with Crippen LogP contribution in [0.4, 0.5) is 8.78 Å². The molecule has 4 aromatic rings. The molecule has 2 aliphatic rings. The highest BCUT2D eigenvalue weighted by molar-refractivity contribution is 5.95. The maximum atomic E-state index is 14.6. The third-order valence-corrected chi connectivity index (χ3v) is 6.86. The molecule has 6 rings (SSSR count). The van der Waals surface area contributed by atoms with Gasteiger partial charge in [-0.3, -0.25) is 14.8 Å². The predicted molar refractivity (Wildman–Crippen MR) is 131 cm³/mol. The zero-order chi connectivity index (χ0) is 25.5. The predicted octanol–water partition coefficient (Wildman–Crippen LogP) is 3.53. The Morgan fingerprint density at radius 2 is 1.92 bits per heavy atom. The van der Waals surface area contributed by atoms with Gasteiger partial charge in [0.05, 0.1) is 12.1 Å². The van der Waals surface area contributed by atoms with Crippen LogP contribution in [-0.4, -0.2) is 89.8 Å². The number of benzene rings is 2. The van der Waals surface area contributed by atoms with Crippen LogP contribution >= 0.6 is 0 Å². The van der Waals surface area contributed by atoms with Gasteiger partial charge in [0.25, 0.3) is 5.91 Å². The van der Waals surface area contributed by atoms with Gasteiger partial charge in [-0.25, -0.2) is 8.78 Å². The van der Waals surface area contributed by atoms with Gasteiger partial charge in [0.15, 0.2) is 17.3 Å². The Bertz CT molecular complexity index is 1420. The standard InChI is InChI=1S/C26H25F2N5O4/c1-35-6-7-36-23-10-22-19(8-20(23)28)25(30-29-22)24-9-21(31-37-24)15-2-4-16(5-3-15)26(34)33-13-18(14-33)32-11-17(27)12-32/h2-5,8-10,17-18H,6-7,11-14H2,1H3,(H,29,30). The van der Waals surface area contributed by atoms with Gasteiger partial charge < -0.3 is 18.9 Å². The number of methoxy groups -OCH3 is 1. The van der Waals surface area contributed by atoms with Crippen molar-refractivity contribution in [2.45, 2.75) is 12.2 Å². The third kappa shape index (κ3) is 4.44. The Labute approximate surface area is 210 Å².